The van der Waals surface area contributed by atoms with Crippen LogP contribution in [0.1, 0.15) is 5.56 Å². The maximum Gasteiger partial charge on any atom is 0.237 e. The van der Waals surface area contributed by atoms with Gasteiger partial charge in [-0.05, 0) is 60.7 Å². The average molecular weight is 895 g/mol. The second-order valence-electron chi connectivity index (χ2n) is 17.8. The summed E-state index contributed by atoms with van der Waals surface area (Å²) in [6.45, 7) is 9.67. The molecule has 0 unspecified atom stereocenters. The largest absolute Gasteiger partial charge is 0.317 e. The van der Waals surface area contributed by atoms with Crippen molar-refractivity contribution >= 4 is 124 Å². The molecule has 15 rings (SSSR count). The molecule has 15 aromatic rings. The lowest BCUT2D eigenvalue weighted by atomic mass is 10.0. The SMILES string of the molecule is [C-]#[N+]c1c(-n2c3ccccc3c3cc4c(cc32)sc2ccccc24)c(C#N)c(-n2c3ccccc3c3ccccc32)c(-n2c3ccccc3c3ccccc32)c1-n1c2ccccc2c2ccccc21. The maximum absolute atomic E-state index is 12.4. The Morgan fingerprint density at radius 3 is 1.10 bits per heavy atom. The van der Waals surface area contributed by atoms with Crippen molar-refractivity contribution in [2.45, 2.75) is 0 Å². The highest BCUT2D eigenvalue weighted by Gasteiger charge is 2.34. The number of benzene rings is 10. The lowest BCUT2D eigenvalue weighted by molar-refractivity contribution is 1.03. The molecule has 6 nitrogen and oxygen atoms in total. The average Bonchev–Trinajstić information content (AvgIpc) is 4.20. The number of aromatic nitrogens is 4. The molecule has 318 valence electrons. The summed E-state index contributed by atoms with van der Waals surface area (Å²) in [6, 6.07) is 75.6. The molecule has 0 saturated carbocycles. The highest BCUT2D eigenvalue weighted by atomic mass is 32.1. The fraction of sp³-hybridized carbons (Fsp3) is 0. The molecule has 5 aromatic heterocycles. The topological polar surface area (TPSA) is 47.9 Å². The van der Waals surface area contributed by atoms with Crippen molar-refractivity contribution in [1.29, 1.82) is 5.26 Å². The second kappa shape index (κ2) is 14.1. The summed E-state index contributed by atoms with van der Waals surface area (Å²) >= 11 is 1.77. The van der Waals surface area contributed by atoms with Crippen LogP contribution in [0.2, 0.25) is 0 Å². The van der Waals surface area contributed by atoms with E-state index in [1.165, 1.54) is 15.5 Å². The van der Waals surface area contributed by atoms with E-state index in [-0.39, 0.29) is 0 Å². The van der Waals surface area contributed by atoms with Gasteiger partial charge < -0.3 is 18.3 Å². The highest BCUT2D eigenvalue weighted by Crippen LogP contribution is 2.52. The van der Waals surface area contributed by atoms with Gasteiger partial charge in [0.25, 0.3) is 0 Å². The van der Waals surface area contributed by atoms with E-state index in [2.05, 4.69) is 231 Å². The van der Waals surface area contributed by atoms with Gasteiger partial charge in [0.2, 0.25) is 5.69 Å². The number of para-hydroxylation sites is 7. The first-order chi connectivity index (χ1) is 34.2. The van der Waals surface area contributed by atoms with Crippen molar-refractivity contribution in [3.63, 3.8) is 0 Å². The first-order valence-corrected chi connectivity index (χ1v) is 23.9. The summed E-state index contributed by atoms with van der Waals surface area (Å²) in [4.78, 5) is 4.73. The van der Waals surface area contributed by atoms with Crippen molar-refractivity contribution in [2.75, 3.05) is 0 Å². The van der Waals surface area contributed by atoms with Crippen molar-refractivity contribution < 1.29 is 0 Å². The summed E-state index contributed by atoms with van der Waals surface area (Å²) < 4.78 is 11.5. The van der Waals surface area contributed by atoms with Crippen LogP contribution in [0, 0.1) is 17.9 Å². The Morgan fingerprint density at radius 1 is 0.333 bits per heavy atom. The second-order valence-corrected chi connectivity index (χ2v) is 18.9. The molecule has 0 radical (unpaired) electrons. The van der Waals surface area contributed by atoms with Gasteiger partial charge in [-0.1, -0.05) is 146 Å². The van der Waals surface area contributed by atoms with Gasteiger partial charge in [-0.25, -0.2) is 4.85 Å². The molecule has 7 heteroatoms. The fourth-order valence-corrected chi connectivity index (χ4v) is 12.8. The molecule has 0 amide bonds. The molecule has 69 heavy (non-hydrogen) atoms. The highest BCUT2D eigenvalue weighted by molar-refractivity contribution is 7.25. The van der Waals surface area contributed by atoms with E-state index in [1.54, 1.807) is 11.3 Å². The third-order valence-electron chi connectivity index (χ3n) is 14.4. The summed E-state index contributed by atoms with van der Waals surface area (Å²) in [5.74, 6) is 0. The zero-order valence-corrected chi connectivity index (χ0v) is 37.5. The minimum absolute atomic E-state index is 0.374. The predicted molar refractivity (Wildman–Crippen MR) is 288 cm³/mol. The van der Waals surface area contributed by atoms with Crippen LogP contribution in [-0.4, -0.2) is 18.3 Å². The number of rotatable bonds is 4. The van der Waals surface area contributed by atoms with E-state index in [4.69, 9.17) is 4.85 Å². The summed E-state index contributed by atoms with van der Waals surface area (Å²) in [5, 5.41) is 23.4. The normalized spacial score (nSPS) is 12.0. The van der Waals surface area contributed by atoms with Crippen molar-refractivity contribution in [2.24, 2.45) is 0 Å². The number of nitrogens with zero attached hydrogens (tertiary/aromatic N) is 6. The molecule has 10 aromatic carbocycles. The van der Waals surface area contributed by atoms with Gasteiger partial charge in [-0.2, -0.15) is 5.26 Å². The van der Waals surface area contributed by atoms with Gasteiger partial charge in [0.1, 0.15) is 6.07 Å². The van der Waals surface area contributed by atoms with Gasteiger partial charge in [0.15, 0.2) is 0 Å². The Bertz CT molecular complexity index is 4510. The molecular weight excluding hydrogens is 861 g/mol. The molecule has 0 aliphatic heterocycles. The van der Waals surface area contributed by atoms with Crippen LogP contribution in [0.15, 0.2) is 206 Å². The smallest absolute Gasteiger partial charge is 0.237 e. The molecular formula is C62H34N6S. The van der Waals surface area contributed by atoms with Crippen LogP contribution >= 0.6 is 11.3 Å². The Kier molecular flexibility index (Phi) is 7.70. The van der Waals surface area contributed by atoms with E-state index in [0.717, 1.165) is 97.6 Å². The summed E-state index contributed by atoms with van der Waals surface area (Å²) in [5.41, 5.74) is 11.1. The van der Waals surface area contributed by atoms with E-state index in [0.29, 0.717) is 28.3 Å². The zero-order chi connectivity index (χ0) is 45.5. The summed E-state index contributed by atoms with van der Waals surface area (Å²) in [7, 11) is 0. The number of hydrogen-bond donors (Lipinski definition) is 0. The van der Waals surface area contributed by atoms with E-state index < -0.39 is 0 Å². The minimum Gasteiger partial charge on any atom is -0.317 e. The van der Waals surface area contributed by atoms with Crippen LogP contribution in [0.4, 0.5) is 5.69 Å². The van der Waals surface area contributed by atoms with Crippen LogP contribution in [0.5, 0.6) is 0 Å². The lowest BCUT2D eigenvalue weighted by Gasteiger charge is -2.27. The van der Waals surface area contributed by atoms with Gasteiger partial charge in [0.05, 0.1) is 79.0 Å². The number of hydrogen-bond acceptors (Lipinski definition) is 2. The Morgan fingerprint density at radius 2 is 0.681 bits per heavy atom. The first kappa shape index (κ1) is 37.8. The monoisotopic (exact) mass is 894 g/mol. The zero-order valence-electron chi connectivity index (χ0n) is 36.7. The third kappa shape index (κ3) is 4.96. The minimum atomic E-state index is 0.374. The van der Waals surface area contributed by atoms with Crippen LogP contribution in [-0.2, 0) is 0 Å². The van der Waals surface area contributed by atoms with Gasteiger partial charge in [-0.3, -0.25) is 0 Å². The molecule has 0 aliphatic rings. The summed E-state index contributed by atoms with van der Waals surface area (Å²) in [6.07, 6.45) is 0. The van der Waals surface area contributed by atoms with Crippen molar-refractivity contribution in [3.8, 4) is 28.8 Å². The quantitative estimate of drug-likeness (QED) is 0.162. The fourth-order valence-electron chi connectivity index (χ4n) is 11.7. The lowest BCUT2D eigenvalue weighted by Crippen LogP contribution is -2.14. The van der Waals surface area contributed by atoms with E-state index in [1.807, 2.05) is 0 Å². The van der Waals surface area contributed by atoms with E-state index in [9.17, 15) is 11.8 Å². The van der Waals surface area contributed by atoms with Gasteiger partial charge in [-0.15, -0.1) is 11.3 Å². The van der Waals surface area contributed by atoms with Crippen molar-refractivity contribution in [3.05, 3.63) is 223 Å². The first-order valence-electron chi connectivity index (χ1n) is 23.0. The molecule has 0 aliphatic carbocycles. The third-order valence-corrected chi connectivity index (χ3v) is 15.5. The van der Waals surface area contributed by atoms with Gasteiger partial charge >= 0.3 is 0 Å². The number of nitriles is 1. The van der Waals surface area contributed by atoms with Crippen LogP contribution < -0.4 is 0 Å². The van der Waals surface area contributed by atoms with Crippen LogP contribution in [0.25, 0.3) is 135 Å². The number of fused-ring (bicyclic) bond motifs is 15. The predicted octanol–water partition coefficient (Wildman–Crippen LogP) is 16.9. The molecule has 0 saturated heterocycles. The molecule has 0 N–H and O–H groups in total. The molecule has 5 heterocycles. The standard InChI is InChI=1S/C62H34N6S/c1-64-58-59(68-54-32-16-8-24-43(54)45-34-46-44-25-9-17-33-56(44)69-57(46)35-55(45)68)47(36-63)60(65-48-26-10-2-18-37(48)38-19-3-11-27-49(38)65)62(67-52-30-14-6-22-41(52)42-23-7-15-31-53(42)67)61(58)66-50-28-12-4-20-39(50)40-21-5-13-29-51(40)66/h2-35H. The van der Waals surface area contributed by atoms with Crippen molar-refractivity contribution in [1.82, 2.24) is 18.3 Å². The van der Waals surface area contributed by atoms with Gasteiger partial charge in [0, 0.05) is 63.3 Å². The Balaban J connectivity index is 1.27. The molecule has 0 fully saturated rings. The van der Waals surface area contributed by atoms with E-state index >= 15 is 0 Å². The molecule has 0 spiro atoms. The number of thiophene rings is 1. The van der Waals surface area contributed by atoms with Crippen LogP contribution in [0.3, 0.4) is 0 Å². The Labute approximate surface area is 398 Å². The maximum atomic E-state index is 12.4. The molecule has 0 atom stereocenters. The Hall–Kier alpha value is -9.40. The molecule has 0 bridgehead atoms.